The van der Waals surface area contributed by atoms with Gasteiger partial charge in [0.15, 0.2) is 11.5 Å². The Hall–Kier alpha value is -0.680. The molecule has 2 rings (SSSR count). The van der Waals surface area contributed by atoms with Crippen LogP contribution in [0.2, 0.25) is 5.02 Å². The van der Waals surface area contributed by atoms with Crippen molar-refractivity contribution in [1.29, 1.82) is 0 Å². The summed E-state index contributed by atoms with van der Waals surface area (Å²) in [4.78, 5) is 0. The second-order valence-corrected chi connectivity index (χ2v) is 5.88. The molecule has 1 N–H and O–H groups in total. The lowest BCUT2D eigenvalue weighted by atomic mass is 10.1. The molecule has 2 aromatic heterocycles. The zero-order valence-corrected chi connectivity index (χ0v) is 11.2. The highest BCUT2D eigenvalue weighted by molar-refractivity contribution is 7.81. The average Bonchev–Trinajstić information content (AvgIpc) is 2.68. The molecule has 0 amide bonds. The third-order valence-corrected chi connectivity index (χ3v) is 3.04. The summed E-state index contributed by atoms with van der Waals surface area (Å²) in [7, 11) is 0. The number of halogens is 1. The van der Waals surface area contributed by atoms with Crippen molar-refractivity contribution in [3.05, 3.63) is 16.5 Å². The van der Waals surface area contributed by atoms with Crippen molar-refractivity contribution in [1.82, 2.24) is 19.8 Å². The predicted molar refractivity (Wildman–Crippen MR) is 68.4 cm³/mol. The molecule has 0 saturated carbocycles. The van der Waals surface area contributed by atoms with E-state index in [-0.39, 0.29) is 4.75 Å². The monoisotopic (exact) mass is 258 g/mol. The number of H-pyrrole nitrogens is 1. The van der Waals surface area contributed by atoms with Crippen molar-refractivity contribution in [2.24, 2.45) is 0 Å². The van der Waals surface area contributed by atoms with Crippen molar-refractivity contribution in [2.45, 2.75) is 38.4 Å². The Morgan fingerprint density at radius 2 is 2.12 bits per heavy atom. The molecule has 0 aliphatic rings. The Kier molecular flexibility index (Phi) is 2.92. The van der Waals surface area contributed by atoms with Gasteiger partial charge in [0.05, 0.1) is 10.4 Å². The minimum Gasteiger partial charge on any atom is -0.292 e. The van der Waals surface area contributed by atoms with E-state index in [1.54, 1.807) is 0 Å². The maximum Gasteiger partial charge on any atom is 0.196 e. The van der Waals surface area contributed by atoms with Gasteiger partial charge in [-0.05, 0) is 20.3 Å². The summed E-state index contributed by atoms with van der Waals surface area (Å²) < 4.78 is 1.53. The Labute approximate surface area is 105 Å². The van der Waals surface area contributed by atoms with E-state index in [9.17, 15) is 0 Å². The molecule has 88 valence electrons. The van der Waals surface area contributed by atoms with Crippen LogP contribution < -0.4 is 0 Å². The summed E-state index contributed by atoms with van der Waals surface area (Å²) in [5.41, 5.74) is 1.56. The molecule has 16 heavy (non-hydrogen) atoms. The highest BCUT2D eigenvalue weighted by Gasteiger charge is 2.25. The second kappa shape index (κ2) is 3.96. The molecule has 0 aliphatic heterocycles. The normalized spacial score (nSPS) is 12.6. The van der Waals surface area contributed by atoms with Gasteiger partial charge in [-0.15, -0.1) is 10.2 Å². The molecule has 0 fully saturated rings. The summed E-state index contributed by atoms with van der Waals surface area (Å²) in [5.74, 6) is 0.906. The molecule has 6 heteroatoms. The molecular weight excluding hydrogens is 244 g/mol. The fraction of sp³-hybridized carbons (Fsp3) is 0.600. The van der Waals surface area contributed by atoms with Gasteiger partial charge in [0, 0.05) is 6.42 Å². The summed E-state index contributed by atoms with van der Waals surface area (Å²) in [6.45, 7) is 6.08. The quantitative estimate of drug-likeness (QED) is 0.832. The topological polar surface area (TPSA) is 46.0 Å². The number of hydrogen-bond acceptors (Lipinski definition) is 3. The van der Waals surface area contributed by atoms with Crippen molar-refractivity contribution >= 4 is 29.9 Å². The van der Waals surface area contributed by atoms with Crippen molar-refractivity contribution in [2.75, 3.05) is 0 Å². The van der Waals surface area contributed by atoms with Crippen molar-refractivity contribution in [3.63, 3.8) is 0 Å². The van der Waals surface area contributed by atoms with Crippen LogP contribution in [0.25, 0.3) is 5.65 Å². The zero-order chi connectivity index (χ0) is 11.9. The lowest BCUT2D eigenvalue weighted by Gasteiger charge is -2.15. The summed E-state index contributed by atoms with van der Waals surface area (Å²) in [6, 6.07) is 0. The van der Waals surface area contributed by atoms with E-state index in [4.69, 9.17) is 11.6 Å². The van der Waals surface area contributed by atoms with Gasteiger partial charge in [-0.1, -0.05) is 18.5 Å². The van der Waals surface area contributed by atoms with Crippen LogP contribution in [0.15, 0.2) is 0 Å². The Balaban J connectivity index is 2.60. The molecule has 0 saturated heterocycles. The first-order valence-electron chi connectivity index (χ1n) is 5.29. The van der Waals surface area contributed by atoms with Gasteiger partial charge in [0.25, 0.3) is 0 Å². The first-order valence-corrected chi connectivity index (χ1v) is 6.12. The molecule has 0 unspecified atom stereocenters. The number of nitrogens with zero attached hydrogens (tertiary/aromatic N) is 3. The number of rotatable bonds is 3. The highest BCUT2D eigenvalue weighted by atomic mass is 35.5. The fourth-order valence-electron chi connectivity index (χ4n) is 1.64. The Bertz CT molecular complexity index is 509. The van der Waals surface area contributed by atoms with Crippen molar-refractivity contribution in [3.8, 4) is 0 Å². The summed E-state index contributed by atoms with van der Waals surface area (Å²) >= 11 is 10.8. The van der Waals surface area contributed by atoms with E-state index in [1.165, 1.54) is 0 Å². The van der Waals surface area contributed by atoms with Crippen LogP contribution in [-0.2, 0) is 11.2 Å². The SMILES string of the molecule is CCCc1nnc2c(Cl)c(C(C)(C)S)[nH]n12. The van der Waals surface area contributed by atoms with Gasteiger partial charge in [0.1, 0.15) is 5.02 Å². The molecule has 0 bridgehead atoms. The average molecular weight is 259 g/mol. The maximum atomic E-state index is 6.25. The maximum absolute atomic E-state index is 6.25. The first-order chi connectivity index (χ1) is 7.45. The lowest BCUT2D eigenvalue weighted by Crippen LogP contribution is -2.10. The number of aromatic amines is 1. The van der Waals surface area contributed by atoms with E-state index < -0.39 is 0 Å². The second-order valence-electron chi connectivity index (χ2n) is 4.39. The van der Waals surface area contributed by atoms with E-state index in [0.29, 0.717) is 10.7 Å². The van der Waals surface area contributed by atoms with E-state index in [0.717, 1.165) is 24.4 Å². The van der Waals surface area contributed by atoms with E-state index in [2.05, 4.69) is 34.8 Å². The first kappa shape index (κ1) is 11.8. The van der Waals surface area contributed by atoms with Crippen molar-refractivity contribution < 1.29 is 0 Å². The largest absolute Gasteiger partial charge is 0.292 e. The van der Waals surface area contributed by atoms with Crippen LogP contribution in [-0.4, -0.2) is 19.8 Å². The number of aryl methyl sites for hydroxylation is 1. The summed E-state index contributed by atoms with van der Waals surface area (Å²) in [5, 5.41) is 12.0. The molecule has 0 spiro atoms. The number of hydrogen-bond donors (Lipinski definition) is 2. The smallest absolute Gasteiger partial charge is 0.196 e. The van der Waals surface area contributed by atoms with Crippen LogP contribution in [0.5, 0.6) is 0 Å². The number of nitrogens with one attached hydrogen (secondary N) is 1. The minimum absolute atomic E-state index is 0.318. The van der Waals surface area contributed by atoms with Crippen LogP contribution >= 0.6 is 24.2 Å². The zero-order valence-electron chi connectivity index (χ0n) is 9.58. The van der Waals surface area contributed by atoms with Crippen LogP contribution in [0, 0.1) is 0 Å². The van der Waals surface area contributed by atoms with Crippen LogP contribution in [0.4, 0.5) is 0 Å². The molecule has 2 heterocycles. The van der Waals surface area contributed by atoms with Gasteiger partial charge in [-0.2, -0.15) is 12.6 Å². The Morgan fingerprint density at radius 1 is 1.44 bits per heavy atom. The van der Waals surface area contributed by atoms with Gasteiger partial charge in [-0.25, -0.2) is 4.52 Å². The fourth-order valence-corrected chi connectivity index (χ4v) is 2.27. The molecule has 0 radical (unpaired) electrons. The summed E-state index contributed by atoms with van der Waals surface area (Å²) in [6.07, 6.45) is 1.90. The molecular formula is C10H15ClN4S. The van der Waals surface area contributed by atoms with E-state index >= 15 is 0 Å². The van der Waals surface area contributed by atoms with E-state index in [1.807, 2.05) is 18.4 Å². The highest BCUT2D eigenvalue weighted by Crippen LogP contribution is 2.34. The number of thiol groups is 1. The molecule has 0 atom stereocenters. The van der Waals surface area contributed by atoms with Gasteiger partial charge < -0.3 is 0 Å². The molecule has 0 aromatic carbocycles. The number of aromatic nitrogens is 4. The standard InChI is InChI=1S/C10H15ClN4S/c1-4-5-6-12-13-9-7(11)8(10(2,3)16)14-15(6)9/h14,16H,4-5H2,1-3H3. The third-order valence-electron chi connectivity index (χ3n) is 2.45. The van der Waals surface area contributed by atoms with Gasteiger partial charge in [-0.3, -0.25) is 5.10 Å². The van der Waals surface area contributed by atoms with Crippen LogP contribution in [0.3, 0.4) is 0 Å². The molecule has 2 aromatic rings. The number of fused-ring (bicyclic) bond motifs is 1. The molecule has 4 nitrogen and oxygen atoms in total. The minimum atomic E-state index is -0.318. The third kappa shape index (κ3) is 1.82. The Morgan fingerprint density at radius 3 is 2.69 bits per heavy atom. The van der Waals surface area contributed by atoms with Gasteiger partial charge >= 0.3 is 0 Å². The van der Waals surface area contributed by atoms with Crippen LogP contribution in [0.1, 0.15) is 38.7 Å². The molecule has 0 aliphatic carbocycles. The lowest BCUT2D eigenvalue weighted by molar-refractivity contribution is 0.708. The predicted octanol–water partition coefficient (Wildman–Crippen LogP) is 2.83. The van der Waals surface area contributed by atoms with Gasteiger partial charge in [0.2, 0.25) is 0 Å².